The van der Waals surface area contributed by atoms with E-state index in [1.165, 1.54) is 0 Å². The van der Waals surface area contributed by atoms with Crippen molar-refractivity contribution in [2.45, 2.75) is 26.0 Å². The van der Waals surface area contributed by atoms with Crippen molar-refractivity contribution < 1.29 is 9.26 Å². The molecular weight excluding hydrogens is 226 g/mol. The summed E-state index contributed by atoms with van der Waals surface area (Å²) >= 11 is 1.84. The first-order chi connectivity index (χ1) is 7.68. The summed E-state index contributed by atoms with van der Waals surface area (Å²) in [5.74, 6) is 3.33. The van der Waals surface area contributed by atoms with Gasteiger partial charge < -0.3 is 15.0 Å². The minimum atomic E-state index is -0.197. The summed E-state index contributed by atoms with van der Waals surface area (Å²) in [6.45, 7) is 4.80. The molecule has 1 fully saturated rings. The second-order valence-corrected chi connectivity index (χ2v) is 5.34. The third-order valence-corrected chi connectivity index (χ3v) is 3.56. The van der Waals surface area contributed by atoms with Crippen LogP contribution in [0.4, 0.5) is 0 Å². The van der Waals surface area contributed by atoms with E-state index in [1.54, 1.807) is 0 Å². The molecule has 1 aromatic heterocycles. The maximum Gasteiger partial charge on any atom is 0.243 e. The zero-order valence-corrected chi connectivity index (χ0v) is 10.4. The van der Waals surface area contributed by atoms with Crippen LogP contribution in [-0.4, -0.2) is 28.3 Å². The van der Waals surface area contributed by atoms with E-state index in [2.05, 4.69) is 10.1 Å². The van der Waals surface area contributed by atoms with Crippen LogP contribution in [0.2, 0.25) is 0 Å². The number of aromatic nitrogens is 2. The number of hydrogen-bond donors (Lipinski definition) is 1. The first-order valence-corrected chi connectivity index (χ1v) is 6.62. The van der Waals surface area contributed by atoms with Crippen molar-refractivity contribution in [3.05, 3.63) is 11.7 Å². The summed E-state index contributed by atoms with van der Waals surface area (Å²) in [4.78, 5) is 4.31. The van der Waals surface area contributed by atoms with Gasteiger partial charge in [0.15, 0.2) is 0 Å². The standard InChI is InChI=1S/C10H17N3O2S/c1-6(2)8(11)10-12-9(13-15-10)7-5-16-4-3-14-7/h6-8H,3-5,11H2,1-2H3/t7?,8-/m0/s1. The van der Waals surface area contributed by atoms with Crippen molar-refractivity contribution in [2.75, 3.05) is 18.1 Å². The average molecular weight is 243 g/mol. The number of thioether (sulfide) groups is 1. The maximum atomic E-state index is 5.94. The minimum Gasteiger partial charge on any atom is -0.368 e. The van der Waals surface area contributed by atoms with Crippen LogP contribution in [0.3, 0.4) is 0 Å². The van der Waals surface area contributed by atoms with E-state index >= 15 is 0 Å². The number of hydrogen-bond acceptors (Lipinski definition) is 6. The van der Waals surface area contributed by atoms with Crippen LogP contribution < -0.4 is 5.73 Å². The van der Waals surface area contributed by atoms with E-state index in [4.69, 9.17) is 15.0 Å². The topological polar surface area (TPSA) is 74.2 Å². The molecule has 0 aliphatic carbocycles. The molecule has 2 rings (SSSR count). The molecule has 0 bridgehead atoms. The Balaban J connectivity index is 2.06. The minimum absolute atomic E-state index is 0.0457. The average Bonchev–Trinajstić information content (AvgIpc) is 2.78. The Kier molecular flexibility index (Phi) is 3.83. The van der Waals surface area contributed by atoms with Gasteiger partial charge in [0.05, 0.1) is 12.6 Å². The number of ether oxygens (including phenoxy) is 1. The van der Waals surface area contributed by atoms with Gasteiger partial charge in [-0.25, -0.2) is 0 Å². The molecule has 0 spiro atoms. The highest BCUT2D eigenvalue weighted by Gasteiger charge is 2.24. The summed E-state index contributed by atoms with van der Waals surface area (Å²) in [5, 5.41) is 3.94. The summed E-state index contributed by atoms with van der Waals surface area (Å²) in [6, 6.07) is -0.197. The molecule has 1 aromatic rings. The van der Waals surface area contributed by atoms with Gasteiger partial charge in [0.2, 0.25) is 11.7 Å². The Labute approximate surface area is 99.1 Å². The van der Waals surface area contributed by atoms with Crippen LogP contribution in [0.1, 0.15) is 37.7 Å². The molecule has 2 heterocycles. The zero-order valence-electron chi connectivity index (χ0n) is 9.55. The SMILES string of the molecule is CC(C)[C@H](N)c1nc(C2CSCCO2)no1. The second kappa shape index (κ2) is 5.16. The van der Waals surface area contributed by atoms with Gasteiger partial charge in [0.1, 0.15) is 6.10 Å². The Bertz CT molecular complexity index is 337. The van der Waals surface area contributed by atoms with Gasteiger partial charge in [-0.1, -0.05) is 19.0 Å². The van der Waals surface area contributed by atoms with Gasteiger partial charge in [-0.15, -0.1) is 0 Å². The van der Waals surface area contributed by atoms with Crippen molar-refractivity contribution in [3.63, 3.8) is 0 Å². The quantitative estimate of drug-likeness (QED) is 0.867. The highest BCUT2D eigenvalue weighted by molar-refractivity contribution is 7.99. The molecule has 1 aliphatic rings. The van der Waals surface area contributed by atoms with Gasteiger partial charge >= 0.3 is 0 Å². The van der Waals surface area contributed by atoms with Crippen LogP contribution in [0.25, 0.3) is 0 Å². The van der Waals surface area contributed by atoms with Crippen LogP contribution in [-0.2, 0) is 4.74 Å². The molecule has 0 saturated carbocycles. The normalized spacial score (nSPS) is 23.6. The second-order valence-electron chi connectivity index (χ2n) is 4.19. The fourth-order valence-electron chi connectivity index (χ4n) is 1.44. The lowest BCUT2D eigenvalue weighted by atomic mass is 10.1. The van der Waals surface area contributed by atoms with E-state index in [-0.39, 0.29) is 18.1 Å². The molecular formula is C10H17N3O2S. The summed E-state index contributed by atoms with van der Waals surface area (Å²) in [5.41, 5.74) is 5.94. The Morgan fingerprint density at radius 2 is 2.31 bits per heavy atom. The Morgan fingerprint density at radius 1 is 1.50 bits per heavy atom. The van der Waals surface area contributed by atoms with Crippen molar-refractivity contribution in [3.8, 4) is 0 Å². The van der Waals surface area contributed by atoms with Crippen LogP contribution in [0.15, 0.2) is 4.52 Å². The molecule has 16 heavy (non-hydrogen) atoms. The summed E-state index contributed by atoms with van der Waals surface area (Å²) in [7, 11) is 0. The number of nitrogens with two attached hydrogens (primary N) is 1. The van der Waals surface area contributed by atoms with E-state index < -0.39 is 0 Å². The van der Waals surface area contributed by atoms with Crippen molar-refractivity contribution in [1.29, 1.82) is 0 Å². The maximum absolute atomic E-state index is 5.94. The number of rotatable bonds is 3. The van der Waals surface area contributed by atoms with Crippen LogP contribution >= 0.6 is 11.8 Å². The molecule has 90 valence electrons. The predicted octanol–water partition coefficient (Wildman–Crippen LogP) is 1.53. The van der Waals surface area contributed by atoms with Crippen molar-refractivity contribution in [1.82, 2.24) is 10.1 Å². The Hall–Kier alpha value is -0.590. The first-order valence-electron chi connectivity index (χ1n) is 5.47. The van der Waals surface area contributed by atoms with E-state index in [9.17, 15) is 0 Å². The fourth-order valence-corrected chi connectivity index (χ4v) is 2.28. The lowest BCUT2D eigenvalue weighted by Crippen LogP contribution is -2.19. The van der Waals surface area contributed by atoms with E-state index in [0.29, 0.717) is 11.7 Å². The smallest absolute Gasteiger partial charge is 0.243 e. The molecule has 2 N–H and O–H groups in total. The lowest BCUT2D eigenvalue weighted by Gasteiger charge is -2.18. The zero-order chi connectivity index (χ0) is 11.5. The third kappa shape index (κ3) is 2.56. The molecule has 1 saturated heterocycles. The van der Waals surface area contributed by atoms with Gasteiger partial charge in [0, 0.05) is 11.5 Å². The van der Waals surface area contributed by atoms with E-state index in [0.717, 1.165) is 18.1 Å². The monoisotopic (exact) mass is 243 g/mol. The third-order valence-electron chi connectivity index (χ3n) is 2.56. The summed E-state index contributed by atoms with van der Waals surface area (Å²) in [6.07, 6.45) is -0.0457. The largest absolute Gasteiger partial charge is 0.368 e. The molecule has 0 amide bonds. The molecule has 1 aliphatic heterocycles. The van der Waals surface area contributed by atoms with Crippen LogP contribution in [0, 0.1) is 5.92 Å². The summed E-state index contributed by atoms with van der Waals surface area (Å²) < 4.78 is 10.7. The molecule has 5 nitrogen and oxygen atoms in total. The van der Waals surface area contributed by atoms with Gasteiger partial charge in [-0.05, 0) is 5.92 Å². The predicted molar refractivity (Wildman–Crippen MR) is 62.1 cm³/mol. The number of nitrogens with zero attached hydrogens (tertiary/aromatic N) is 2. The lowest BCUT2D eigenvalue weighted by molar-refractivity contribution is 0.0677. The molecule has 1 unspecified atom stereocenters. The highest BCUT2D eigenvalue weighted by atomic mass is 32.2. The van der Waals surface area contributed by atoms with Crippen molar-refractivity contribution >= 4 is 11.8 Å². The fraction of sp³-hybridized carbons (Fsp3) is 0.800. The van der Waals surface area contributed by atoms with Gasteiger partial charge in [-0.3, -0.25) is 0 Å². The molecule has 6 heteroatoms. The van der Waals surface area contributed by atoms with E-state index in [1.807, 2.05) is 25.6 Å². The highest BCUT2D eigenvalue weighted by Crippen LogP contribution is 2.26. The van der Waals surface area contributed by atoms with Crippen molar-refractivity contribution in [2.24, 2.45) is 11.7 Å². The van der Waals surface area contributed by atoms with Gasteiger partial charge in [0.25, 0.3) is 0 Å². The molecule has 0 radical (unpaired) electrons. The van der Waals surface area contributed by atoms with Crippen LogP contribution in [0.5, 0.6) is 0 Å². The molecule has 2 atom stereocenters. The first kappa shape index (κ1) is 11.9. The molecule has 0 aromatic carbocycles. The Morgan fingerprint density at radius 3 is 2.94 bits per heavy atom. The van der Waals surface area contributed by atoms with Gasteiger partial charge in [-0.2, -0.15) is 16.7 Å².